The minimum absolute atomic E-state index is 0.350. The molecule has 4 heteroatoms. The molecule has 0 aliphatic heterocycles. The van der Waals surface area contributed by atoms with Crippen LogP contribution < -0.4 is 5.73 Å². The monoisotopic (exact) mass is 217 g/mol. The first-order valence-corrected chi connectivity index (χ1v) is 5.49. The number of carbonyl (C=O) groups excluding carboxylic acids is 1. The molecule has 1 unspecified atom stereocenters. The summed E-state index contributed by atoms with van der Waals surface area (Å²) in [6.45, 7) is 5.32. The van der Waals surface area contributed by atoms with Gasteiger partial charge < -0.3 is 15.2 Å². The first-order chi connectivity index (χ1) is 7.04. The number of hydrogen-bond donors (Lipinski definition) is 1. The van der Waals surface area contributed by atoms with Gasteiger partial charge in [0.1, 0.15) is 5.54 Å². The third-order valence-corrected chi connectivity index (χ3v) is 2.23. The lowest BCUT2D eigenvalue weighted by molar-refractivity contribution is -0.146. The summed E-state index contributed by atoms with van der Waals surface area (Å²) in [5.41, 5.74) is 4.93. The average Bonchev–Trinajstić information content (AvgIpc) is 2.22. The van der Waals surface area contributed by atoms with Gasteiger partial charge in [0, 0.05) is 13.2 Å². The molecule has 0 spiro atoms. The fourth-order valence-electron chi connectivity index (χ4n) is 1.28. The second kappa shape index (κ2) is 7.65. The summed E-state index contributed by atoms with van der Waals surface area (Å²) in [5, 5.41) is 0. The molecule has 0 aromatic rings. The van der Waals surface area contributed by atoms with Crippen molar-refractivity contribution >= 4 is 5.97 Å². The van der Waals surface area contributed by atoms with Crippen LogP contribution in [0.5, 0.6) is 0 Å². The van der Waals surface area contributed by atoms with Crippen LogP contribution in [-0.2, 0) is 14.3 Å². The Morgan fingerprint density at radius 3 is 2.53 bits per heavy atom. The molecule has 4 nitrogen and oxygen atoms in total. The van der Waals surface area contributed by atoms with Gasteiger partial charge in [-0.2, -0.15) is 0 Å². The number of unbranched alkanes of at least 4 members (excludes halogenated alkanes) is 1. The predicted octanol–water partition coefficient (Wildman–Crippen LogP) is 1.47. The zero-order chi connectivity index (χ0) is 11.7. The molecular formula is C11H23NO3. The third-order valence-electron chi connectivity index (χ3n) is 2.23. The Balaban J connectivity index is 3.53. The Bertz CT molecular complexity index is 181. The van der Waals surface area contributed by atoms with Gasteiger partial charge in [-0.15, -0.1) is 0 Å². The number of esters is 1. The van der Waals surface area contributed by atoms with E-state index >= 15 is 0 Å². The molecule has 15 heavy (non-hydrogen) atoms. The van der Waals surface area contributed by atoms with Gasteiger partial charge in [0.2, 0.25) is 0 Å². The summed E-state index contributed by atoms with van der Waals surface area (Å²) in [7, 11) is 1.36. The average molecular weight is 217 g/mol. The zero-order valence-electron chi connectivity index (χ0n) is 10.0. The first-order valence-electron chi connectivity index (χ1n) is 5.49. The van der Waals surface area contributed by atoms with Crippen molar-refractivity contribution in [2.24, 2.45) is 5.73 Å². The first kappa shape index (κ1) is 14.4. The van der Waals surface area contributed by atoms with Gasteiger partial charge in [-0.05, 0) is 32.6 Å². The predicted molar refractivity (Wildman–Crippen MR) is 59.6 cm³/mol. The van der Waals surface area contributed by atoms with Gasteiger partial charge in [-0.25, -0.2) is 0 Å². The smallest absolute Gasteiger partial charge is 0.325 e. The van der Waals surface area contributed by atoms with Gasteiger partial charge in [0.15, 0.2) is 0 Å². The molecule has 0 aliphatic carbocycles. The van der Waals surface area contributed by atoms with Crippen LogP contribution in [-0.4, -0.2) is 31.8 Å². The Labute approximate surface area is 92.1 Å². The summed E-state index contributed by atoms with van der Waals surface area (Å²) in [5.74, 6) is -0.350. The van der Waals surface area contributed by atoms with Crippen LogP contribution in [0.25, 0.3) is 0 Å². The van der Waals surface area contributed by atoms with Crippen molar-refractivity contribution in [2.45, 2.75) is 45.1 Å². The quantitative estimate of drug-likeness (QED) is 0.494. The van der Waals surface area contributed by atoms with E-state index in [0.717, 1.165) is 32.5 Å². The van der Waals surface area contributed by atoms with Crippen molar-refractivity contribution < 1.29 is 14.3 Å². The van der Waals surface area contributed by atoms with Crippen molar-refractivity contribution in [3.63, 3.8) is 0 Å². The summed E-state index contributed by atoms with van der Waals surface area (Å²) >= 11 is 0. The molecule has 0 saturated heterocycles. The van der Waals surface area contributed by atoms with Crippen molar-refractivity contribution in [1.82, 2.24) is 0 Å². The number of rotatable bonds is 8. The standard InChI is InChI=1S/C11H23NO3/c1-4-8-15-9-6-5-7-11(2,12)10(13)14-3/h4-9,12H2,1-3H3. The van der Waals surface area contributed by atoms with E-state index in [0.29, 0.717) is 6.42 Å². The number of carbonyl (C=O) groups is 1. The summed E-state index contributed by atoms with van der Waals surface area (Å²) in [6.07, 6.45) is 3.49. The van der Waals surface area contributed by atoms with E-state index in [-0.39, 0.29) is 5.97 Å². The maximum atomic E-state index is 11.2. The lowest BCUT2D eigenvalue weighted by Crippen LogP contribution is -2.45. The highest BCUT2D eigenvalue weighted by atomic mass is 16.5. The molecule has 0 amide bonds. The van der Waals surface area contributed by atoms with E-state index < -0.39 is 5.54 Å². The highest BCUT2D eigenvalue weighted by molar-refractivity contribution is 5.79. The van der Waals surface area contributed by atoms with Gasteiger partial charge in [-0.3, -0.25) is 4.79 Å². The lowest BCUT2D eigenvalue weighted by atomic mass is 9.96. The number of hydrogen-bond acceptors (Lipinski definition) is 4. The van der Waals surface area contributed by atoms with Crippen molar-refractivity contribution in [3.05, 3.63) is 0 Å². The molecule has 0 saturated carbocycles. The van der Waals surface area contributed by atoms with Crippen LogP contribution in [0.15, 0.2) is 0 Å². The highest BCUT2D eigenvalue weighted by Crippen LogP contribution is 2.12. The molecule has 1 atom stereocenters. The SMILES string of the molecule is CCCOCCCCC(C)(N)C(=O)OC. The number of nitrogens with two attached hydrogens (primary N) is 1. The molecule has 0 bridgehead atoms. The van der Waals surface area contributed by atoms with Crippen molar-refractivity contribution in [3.8, 4) is 0 Å². The van der Waals surface area contributed by atoms with Gasteiger partial charge in [0.25, 0.3) is 0 Å². The van der Waals surface area contributed by atoms with Gasteiger partial charge in [0.05, 0.1) is 7.11 Å². The molecule has 0 fully saturated rings. The molecule has 0 aromatic carbocycles. The fraction of sp³-hybridized carbons (Fsp3) is 0.909. The van der Waals surface area contributed by atoms with E-state index in [1.54, 1.807) is 6.92 Å². The van der Waals surface area contributed by atoms with Crippen LogP contribution in [0.3, 0.4) is 0 Å². The largest absolute Gasteiger partial charge is 0.468 e. The van der Waals surface area contributed by atoms with Crippen LogP contribution >= 0.6 is 0 Å². The Morgan fingerprint density at radius 1 is 1.33 bits per heavy atom. The van der Waals surface area contributed by atoms with Crippen molar-refractivity contribution in [2.75, 3.05) is 20.3 Å². The highest BCUT2D eigenvalue weighted by Gasteiger charge is 2.28. The molecule has 90 valence electrons. The Kier molecular flexibility index (Phi) is 7.34. The van der Waals surface area contributed by atoms with E-state index in [1.165, 1.54) is 7.11 Å². The van der Waals surface area contributed by atoms with Crippen molar-refractivity contribution in [1.29, 1.82) is 0 Å². The molecule has 0 radical (unpaired) electrons. The fourth-order valence-corrected chi connectivity index (χ4v) is 1.28. The van der Waals surface area contributed by atoms with E-state index in [1.807, 2.05) is 0 Å². The minimum atomic E-state index is -0.862. The minimum Gasteiger partial charge on any atom is -0.468 e. The Hall–Kier alpha value is -0.610. The third kappa shape index (κ3) is 6.47. The molecule has 2 N–H and O–H groups in total. The molecule has 0 aliphatic rings. The Morgan fingerprint density at radius 2 is 2.00 bits per heavy atom. The van der Waals surface area contributed by atoms with E-state index in [4.69, 9.17) is 10.5 Å². The number of methoxy groups -OCH3 is 1. The van der Waals surface area contributed by atoms with Gasteiger partial charge in [-0.1, -0.05) is 6.92 Å². The topological polar surface area (TPSA) is 61.5 Å². The lowest BCUT2D eigenvalue weighted by Gasteiger charge is -2.20. The summed E-state index contributed by atoms with van der Waals surface area (Å²) < 4.78 is 9.94. The zero-order valence-corrected chi connectivity index (χ0v) is 10.0. The van der Waals surface area contributed by atoms with E-state index in [9.17, 15) is 4.79 Å². The summed E-state index contributed by atoms with van der Waals surface area (Å²) in [6, 6.07) is 0. The molecular weight excluding hydrogens is 194 g/mol. The second-order valence-corrected chi connectivity index (χ2v) is 3.98. The molecule has 0 rings (SSSR count). The van der Waals surface area contributed by atoms with Crippen LogP contribution in [0.2, 0.25) is 0 Å². The van der Waals surface area contributed by atoms with Crippen LogP contribution in [0, 0.1) is 0 Å². The second-order valence-electron chi connectivity index (χ2n) is 3.98. The maximum absolute atomic E-state index is 11.2. The van der Waals surface area contributed by atoms with Gasteiger partial charge >= 0.3 is 5.97 Å². The number of ether oxygens (including phenoxy) is 2. The molecule has 0 heterocycles. The van der Waals surface area contributed by atoms with Crippen LogP contribution in [0.1, 0.15) is 39.5 Å². The maximum Gasteiger partial charge on any atom is 0.325 e. The van der Waals surface area contributed by atoms with E-state index in [2.05, 4.69) is 11.7 Å². The van der Waals surface area contributed by atoms with Crippen LogP contribution in [0.4, 0.5) is 0 Å². The molecule has 0 aromatic heterocycles. The summed E-state index contributed by atoms with van der Waals surface area (Å²) in [4.78, 5) is 11.2. The normalized spacial score (nSPS) is 14.7.